The van der Waals surface area contributed by atoms with E-state index in [-0.39, 0.29) is 0 Å². The predicted molar refractivity (Wildman–Crippen MR) is 110 cm³/mol. The van der Waals surface area contributed by atoms with Crippen LogP contribution >= 0.6 is 11.6 Å². The van der Waals surface area contributed by atoms with Gasteiger partial charge in [0.25, 0.3) is 0 Å². The molecule has 1 aromatic heterocycles. The van der Waals surface area contributed by atoms with Crippen molar-refractivity contribution in [3.8, 4) is 5.75 Å². The van der Waals surface area contributed by atoms with Crippen LogP contribution in [0.3, 0.4) is 0 Å². The van der Waals surface area contributed by atoms with E-state index in [1.807, 2.05) is 30.3 Å². The fraction of sp³-hybridized carbons (Fsp3) is 0.273. The highest BCUT2D eigenvalue weighted by Gasteiger charge is 2.33. The molecule has 3 N–H and O–H groups in total. The molecule has 0 spiro atoms. The van der Waals surface area contributed by atoms with Crippen molar-refractivity contribution in [2.45, 2.75) is 31.7 Å². The molecule has 1 amide bonds. The Morgan fingerprint density at radius 2 is 1.97 bits per heavy atom. The number of rotatable bonds is 6. The quantitative estimate of drug-likeness (QED) is 0.645. The number of hydrogen-bond acceptors (Lipinski definition) is 3. The number of primary amides is 1. The lowest BCUT2D eigenvalue weighted by atomic mass is 9.84. The van der Waals surface area contributed by atoms with Crippen LogP contribution in [0.5, 0.6) is 5.75 Å². The van der Waals surface area contributed by atoms with E-state index in [0.717, 1.165) is 35.2 Å². The highest BCUT2D eigenvalue weighted by Crippen LogP contribution is 2.45. The van der Waals surface area contributed by atoms with E-state index in [9.17, 15) is 9.59 Å². The minimum atomic E-state index is -1.07. The number of carboxylic acids is 1. The second-order valence-corrected chi connectivity index (χ2v) is 7.64. The lowest BCUT2D eigenvalue weighted by Gasteiger charge is -2.22. The van der Waals surface area contributed by atoms with Crippen LogP contribution in [0.15, 0.2) is 42.5 Å². The summed E-state index contributed by atoms with van der Waals surface area (Å²) in [4.78, 5) is 23.3. The van der Waals surface area contributed by atoms with Gasteiger partial charge in [0.05, 0.1) is 16.5 Å². The summed E-state index contributed by atoms with van der Waals surface area (Å²) in [6, 6.07) is 13.3. The number of aromatic nitrogens is 1. The molecule has 0 fully saturated rings. The van der Waals surface area contributed by atoms with Crippen molar-refractivity contribution in [1.29, 1.82) is 0 Å². The highest BCUT2D eigenvalue weighted by atomic mass is 35.5. The summed E-state index contributed by atoms with van der Waals surface area (Å²) in [5.74, 6) is -1.52. The fourth-order valence-corrected chi connectivity index (χ4v) is 4.50. The SMILES string of the molecule is NC(=O)C1CCCc2c1c1c(OCC(=O)O)ccc(Cl)c1n2Cc1ccccc1. The Labute approximate surface area is 172 Å². The summed E-state index contributed by atoms with van der Waals surface area (Å²) in [6.07, 6.45) is 2.28. The van der Waals surface area contributed by atoms with Crippen molar-refractivity contribution in [3.63, 3.8) is 0 Å². The molecule has 4 rings (SSSR count). The number of nitrogens with two attached hydrogens (primary N) is 1. The molecular weight excluding hydrogens is 392 g/mol. The van der Waals surface area contributed by atoms with Gasteiger partial charge in [-0.2, -0.15) is 0 Å². The summed E-state index contributed by atoms with van der Waals surface area (Å²) in [7, 11) is 0. The number of carboxylic acid groups (broad SMARTS) is 1. The molecule has 0 radical (unpaired) electrons. The molecule has 0 bridgehead atoms. The van der Waals surface area contributed by atoms with Gasteiger partial charge in [-0.3, -0.25) is 4.79 Å². The molecule has 1 atom stereocenters. The second-order valence-electron chi connectivity index (χ2n) is 7.23. The molecule has 0 saturated carbocycles. The maximum atomic E-state index is 12.2. The number of ether oxygens (including phenoxy) is 1. The molecule has 0 saturated heterocycles. The van der Waals surface area contributed by atoms with Gasteiger partial charge in [0.15, 0.2) is 6.61 Å². The van der Waals surface area contributed by atoms with Crippen LogP contribution < -0.4 is 10.5 Å². The number of hydrogen-bond donors (Lipinski definition) is 2. The van der Waals surface area contributed by atoms with E-state index in [2.05, 4.69) is 4.57 Å². The molecule has 0 aliphatic heterocycles. The number of benzene rings is 2. The topological polar surface area (TPSA) is 94.6 Å². The number of carbonyl (C=O) groups excluding carboxylic acids is 1. The van der Waals surface area contributed by atoms with Gasteiger partial charge < -0.3 is 20.1 Å². The molecule has 1 unspecified atom stereocenters. The van der Waals surface area contributed by atoms with Gasteiger partial charge in [-0.05, 0) is 42.5 Å². The first kappa shape index (κ1) is 19.3. The van der Waals surface area contributed by atoms with Crippen molar-refractivity contribution < 1.29 is 19.4 Å². The van der Waals surface area contributed by atoms with E-state index in [1.54, 1.807) is 12.1 Å². The summed E-state index contributed by atoms with van der Waals surface area (Å²) in [6.45, 7) is 0.108. The molecule has 150 valence electrons. The van der Waals surface area contributed by atoms with E-state index in [1.165, 1.54) is 0 Å². The zero-order valence-electron chi connectivity index (χ0n) is 15.7. The average Bonchev–Trinajstić information content (AvgIpc) is 3.03. The Morgan fingerprint density at radius 1 is 1.21 bits per heavy atom. The highest BCUT2D eigenvalue weighted by molar-refractivity contribution is 6.35. The molecule has 2 aromatic carbocycles. The molecule has 29 heavy (non-hydrogen) atoms. The number of nitrogens with zero attached hydrogens (tertiary/aromatic N) is 1. The van der Waals surface area contributed by atoms with Crippen LogP contribution in [0.25, 0.3) is 10.9 Å². The molecule has 7 heteroatoms. The number of carbonyl (C=O) groups is 2. The molecule has 3 aromatic rings. The molecule has 1 heterocycles. The van der Waals surface area contributed by atoms with Crippen LogP contribution in [0, 0.1) is 0 Å². The zero-order chi connectivity index (χ0) is 20.5. The maximum Gasteiger partial charge on any atom is 0.341 e. The second kappa shape index (κ2) is 7.79. The van der Waals surface area contributed by atoms with Crippen LogP contribution in [0.4, 0.5) is 0 Å². The Kier molecular flexibility index (Phi) is 5.20. The normalized spacial score (nSPS) is 15.8. The van der Waals surface area contributed by atoms with Crippen molar-refractivity contribution in [2.24, 2.45) is 5.73 Å². The standard InChI is InChI=1S/C22H21ClN2O4/c23-15-9-10-17(29-12-18(26)27)20-19-14(22(24)28)7-4-8-16(19)25(21(15)20)11-13-5-2-1-3-6-13/h1-3,5-6,9-10,14H,4,7-8,11-12H2,(H2,24,28)(H,26,27). The molecule has 1 aliphatic carbocycles. The summed E-state index contributed by atoms with van der Waals surface area (Å²) in [5, 5.41) is 10.3. The minimum absolute atomic E-state index is 0.395. The number of aliphatic carboxylic acids is 1. The van der Waals surface area contributed by atoms with Gasteiger partial charge in [-0.25, -0.2) is 4.79 Å². The number of fused-ring (bicyclic) bond motifs is 3. The van der Waals surface area contributed by atoms with Gasteiger partial charge in [0.1, 0.15) is 5.75 Å². The van der Waals surface area contributed by atoms with E-state index >= 15 is 0 Å². The van der Waals surface area contributed by atoms with Crippen LogP contribution in [-0.4, -0.2) is 28.2 Å². The largest absolute Gasteiger partial charge is 0.481 e. The Hall–Kier alpha value is -2.99. The third-order valence-corrected chi connectivity index (χ3v) is 5.70. The first-order chi connectivity index (χ1) is 14.0. The predicted octanol–water partition coefficient (Wildman–Crippen LogP) is 3.71. The van der Waals surface area contributed by atoms with Crippen molar-refractivity contribution in [1.82, 2.24) is 4.57 Å². The van der Waals surface area contributed by atoms with Crippen molar-refractivity contribution >= 4 is 34.4 Å². The lowest BCUT2D eigenvalue weighted by molar-refractivity contribution is -0.139. The van der Waals surface area contributed by atoms with Gasteiger partial charge >= 0.3 is 5.97 Å². The summed E-state index contributed by atoms with van der Waals surface area (Å²) in [5.41, 5.74) is 9.40. The Balaban J connectivity index is 1.98. The van der Waals surface area contributed by atoms with Gasteiger partial charge in [-0.15, -0.1) is 0 Å². The first-order valence-corrected chi connectivity index (χ1v) is 9.86. The maximum absolute atomic E-state index is 12.2. The van der Waals surface area contributed by atoms with Gasteiger partial charge in [-0.1, -0.05) is 41.9 Å². The molecular formula is C22H21ClN2O4. The van der Waals surface area contributed by atoms with Crippen LogP contribution in [-0.2, 0) is 22.6 Å². The average molecular weight is 413 g/mol. The van der Waals surface area contributed by atoms with Crippen molar-refractivity contribution in [2.75, 3.05) is 6.61 Å². The lowest BCUT2D eigenvalue weighted by Crippen LogP contribution is -2.25. The third kappa shape index (κ3) is 3.56. The Bertz CT molecular complexity index is 1090. The minimum Gasteiger partial charge on any atom is -0.481 e. The van der Waals surface area contributed by atoms with Crippen LogP contribution in [0.2, 0.25) is 5.02 Å². The smallest absolute Gasteiger partial charge is 0.341 e. The number of amides is 1. The van der Waals surface area contributed by atoms with E-state index < -0.39 is 24.4 Å². The Morgan fingerprint density at radius 3 is 2.66 bits per heavy atom. The summed E-state index contributed by atoms with van der Waals surface area (Å²) < 4.78 is 7.69. The van der Waals surface area contributed by atoms with E-state index in [0.29, 0.717) is 29.1 Å². The van der Waals surface area contributed by atoms with E-state index in [4.69, 9.17) is 27.2 Å². The summed E-state index contributed by atoms with van der Waals surface area (Å²) >= 11 is 6.60. The van der Waals surface area contributed by atoms with Crippen LogP contribution in [0.1, 0.15) is 35.6 Å². The molecule has 6 nitrogen and oxygen atoms in total. The fourth-order valence-electron chi connectivity index (χ4n) is 4.24. The van der Waals surface area contributed by atoms with Gasteiger partial charge in [0.2, 0.25) is 5.91 Å². The first-order valence-electron chi connectivity index (χ1n) is 9.48. The van der Waals surface area contributed by atoms with Crippen molar-refractivity contribution in [3.05, 3.63) is 64.3 Å². The monoisotopic (exact) mass is 412 g/mol. The third-order valence-electron chi connectivity index (χ3n) is 5.40. The van der Waals surface area contributed by atoms with Gasteiger partial charge in [0, 0.05) is 17.6 Å². The zero-order valence-corrected chi connectivity index (χ0v) is 16.5. The molecule has 1 aliphatic rings. The number of halogens is 1.